The van der Waals surface area contributed by atoms with E-state index in [1.165, 1.54) is 0 Å². The Hall–Kier alpha value is -1.32. The highest BCUT2D eigenvalue weighted by Crippen LogP contribution is 2.28. The molecule has 2 heterocycles. The molecular formula is C12H18N2O2. The summed E-state index contributed by atoms with van der Waals surface area (Å²) >= 11 is 0. The van der Waals surface area contributed by atoms with Gasteiger partial charge in [0.05, 0.1) is 16.6 Å². The molecular weight excluding hydrogens is 204 g/mol. The summed E-state index contributed by atoms with van der Waals surface area (Å²) in [5.41, 5.74) is -1.26. The Labute approximate surface area is 117 Å². The average molecular weight is 237 g/mol. The predicted molar refractivity (Wildman–Crippen MR) is 59.9 cm³/mol. The fourth-order valence-corrected chi connectivity index (χ4v) is 1.10. The van der Waals surface area contributed by atoms with Gasteiger partial charge in [-0.3, -0.25) is 4.79 Å². The lowest BCUT2D eigenvalue weighted by molar-refractivity contribution is -0.141. The molecule has 4 nitrogen and oxygen atoms in total. The topological polar surface area (TPSA) is 44.1 Å². The van der Waals surface area contributed by atoms with Crippen LogP contribution in [0.5, 0.6) is 0 Å². The van der Waals surface area contributed by atoms with Crippen molar-refractivity contribution < 1.29 is 30.1 Å². The third kappa shape index (κ3) is 1.84. The molecule has 1 aromatic rings. The second-order valence-corrected chi connectivity index (χ2v) is 2.95. The standard InChI is InChI=1S/C12H18N2O2/c1-4-11-9(7-16-12(11)15)5-10-6-13-8(2)14(10)3/h6,9,11H,4-5,7H2,1-3H3/t9-,11-/m0/s1/i1D3,3D3,4D2,5D2,6D,7D2,9D,11D. The van der Waals surface area contributed by atoms with E-state index in [9.17, 15) is 4.79 Å². The molecule has 0 spiro atoms. The third-order valence-electron chi connectivity index (χ3n) is 1.94. The van der Waals surface area contributed by atoms with Gasteiger partial charge in [0, 0.05) is 41.2 Å². The average Bonchev–Trinajstić information content (AvgIpc) is 2.92. The van der Waals surface area contributed by atoms with Crippen LogP contribution in [0, 0.1) is 18.7 Å². The first-order valence-corrected chi connectivity index (χ1v) is 4.23. The fourth-order valence-electron chi connectivity index (χ4n) is 1.10. The largest absolute Gasteiger partial charge is 0.465 e. The number of aromatic nitrogens is 2. The summed E-state index contributed by atoms with van der Waals surface area (Å²) in [6.45, 7) is -9.76. The number of hydrogen-bond acceptors (Lipinski definition) is 3. The lowest BCUT2D eigenvalue weighted by Crippen LogP contribution is -2.18. The van der Waals surface area contributed by atoms with Crippen molar-refractivity contribution >= 4 is 5.97 Å². The summed E-state index contributed by atoms with van der Waals surface area (Å²) in [6.07, 6.45) is -8.95. The molecule has 2 atom stereocenters. The van der Waals surface area contributed by atoms with E-state index in [4.69, 9.17) is 20.6 Å². The van der Waals surface area contributed by atoms with Gasteiger partial charge in [0.2, 0.25) is 0 Å². The highest BCUT2D eigenvalue weighted by Gasteiger charge is 2.35. The molecule has 0 N–H and O–H groups in total. The molecule has 1 aliphatic rings. The Morgan fingerprint density at radius 2 is 2.88 bits per heavy atom. The van der Waals surface area contributed by atoms with Crippen LogP contribution in [0.15, 0.2) is 6.17 Å². The van der Waals surface area contributed by atoms with Gasteiger partial charge in [0.15, 0.2) is 0 Å². The van der Waals surface area contributed by atoms with Crippen molar-refractivity contribution in [3.63, 3.8) is 0 Å². The number of cyclic esters (lactones) is 1. The van der Waals surface area contributed by atoms with Gasteiger partial charge in [0.1, 0.15) is 5.82 Å². The first kappa shape index (κ1) is 2.92. The van der Waals surface area contributed by atoms with E-state index in [2.05, 4.69) is 9.72 Å². The second-order valence-electron chi connectivity index (χ2n) is 2.95. The minimum atomic E-state index is -4.05. The summed E-state index contributed by atoms with van der Waals surface area (Å²) in [7, 11) is 0. The summed E-state index contributed by atoms with van der Waals surface area (Å²) < 4.78 is 123. The van der Waals surface area contributed by atoms with Crippen LogP contribution in [0.1, 0.15) is 45.3 Å². The van der Waals surface area contributed by atoms with Crippen molar-refractivity contribution in [1.82, 2.24) is 9.55 Å². The van der Waals surface area contributed by atoms with E-state index >= 15 is 0 Å². The summed E-state index contributed by atoms with van der Waals surface area (Å²) in [6, 6.07) is 0. The zero-order chi connectivity index (χ0) is 24.8. The van der Waals surface area contributed by atoms with Gasteiger partial charge in [0.25, 0.3) is 0 Å². The molecule has 0 radical (unpaired) electrons. The van der Waals surface area contributed by atoms with Crippen LogP contribution in [0.2, 0.25) is 0 Å². The number of carbonyl (C=O) groups is 1. The quantitative estimate of drug-likeness (QED) is 0.748. The SMILES string of the molecule is [2H]c1nc(C)n(C([2H])([2H])[2H])c1C([2H])([2H])[C@@]1([2H])C([2H])([2H])OC(=O)[C@@]1([2H])C([2H])([2H])C([2H])([2H])[2H]. The van der Waals surface area contributed by atoms with E-state index in [1.807, 2.05) is 0 Å². The van der Waals surface area contributed by atoms with Crippen LogP contribution in [-0.2, 0) is 22.9 Å². The first-order chi connectivity index (χ1) is 13.4. The van der Waals surface area contributed by atoms with Gasteiger partial charge in [-0.15, -0.1) is 0 Å². The minimum Gasteiger partial charge on any atom is -0.465 e. The molecule has 1 aliphatic heterocycles. The number of imidazole rings is 1. The van der Waals surface area contributed by atoms with E-state index in [0.717, 1.165) is 6.92 Å². The summed E-state index contributed by atoms with van der Waals surface area (Å²) in [4.78, 5) is 16.0. The van der Waals surface area contributed by atoms with Crippen LogP contribution >= 0.6 is 0 Å². The number of ether oxygens (including phenoxy) is 1. The highest BCUT2D eigenvalue weighted by molar-refractivity contribution is 5.74. The van der Waals surface area contributed by atoms with Gasteiger partial charge in [-0.25, -0.2) is 4.98 Å². The molecule has 4 heteroatoms. The Morgan fingerprint density at radius 3 is 3.62 bits per heavy atom. The molecule has 1 aromatic heterocycles. The molecule has 0 saturated carbocycles. The zero-order valence-electron chi connectivity index (χ0n) is 23.2. The molecule has 2 rings (SSSR count). The van der Waals surface area contributed by atoms with E-state index in [0.29, 0.717) is 0 Å². The van der Waals surface area contributed by atoms with E-state index in [1.54, 1.807) is 0 Å². The molecule has 0 bridgehead atoms. The van der Waals surface area contributed by atoms with Gasteiger partial charge in [-0.05, 0) is 19.7 Å². The second kappa shape index (κ2) is 4.28. The van der Waals surface area contributed by atoms with Crippen LogP contribution in [-0.4, -0.2) is 22.1 Å². The number of esters is 1. The van der Waals surface area contributed by atoms with Crippen molar-refractivity contribution in [3.05, 3.63) is 17.7 Å². The third-order valence-corrected chi connectivity index (χ3v) is 1.94. The van der Waals surface area contributed by atoms with Crippen LogP contribution in [0.4, 0.5) is 0 Å². The van der Waals surface area contributed by atoms with Crippen molar-refractivity contribution in [3.8, 4) is 0 Å². The fraction of sp³-hybridized carbons (Fsp3) is 0.667. The maximum absolute atomic E-state index is 12.5. The molecule has 0 unspecified atom stereocenters. The van der Waals surface area contributed by atoms with E-state index in [-0.39, 0.29) is 4.57 Å². The number of nitrogens with zero attached hydrogens (tertiary/aromatic N) is 2. The number of aryl methyl sites for hydroxylation is 1. The smallest absolute Gasteiger partial charge is 0.309 e. The van der Waals surface area contributed by atoms with Crippen molar-refractivity contribution in [2.75, 3.05) is 6.56 Å². The number of rotatable bonds is 3. The highest BCUT2D eigenvalue weighted by atomic mass is 16.5. The minimum absolute atomic E-state index is 0.176. The van der Waals surface area contributed by atoms with Crippen LogP contribution in [0.25, 0.3) is 0 Å². The first-order valence-electron chi connectivity index (χ1n) is 11.7. The summed E-state index contributed by atoms with van der Waals surface area (Å²) in [5, 5.41) is 0. The Kier molecular flexibility index (Phi) is 0.780. The monoisotopic (exact) mass is 237 g/mol. The molecule has 1 fully saturated rings. The predicted octanol–water partition coefficient (Wildman–Crippen LogP) is 1.47. The summed E-state index contributed by atoms with van der Waals surface area (Å²) in [5.74, 6) is -10.7. The Morgan fingerprint density at radius 1 is 2.00 bits per heavy atom. The maximum atomic E-state index is 12.5. The molecule has 16 heavy (non-hydrogen) atoms. The van der Waals surface area contributed by atoms with E-state index < -0.39 is 68.6 Å². The van der Waals surface area contributed by atoms with Gasteiger partial charge >= 0.3 is 5.97 Å². The van der Waals surface area contributed by atoms with Gasteiger partial charge in [-0.2, -0.15) is 0 Å². The van der Waals surface area contributed by atoms with Crippen molar-refractivity contribution in [1.29, 1.82) is 0 Å². The lowest BCUT2D eigenvalue weighted by atomic mass is 9.89. The number of hydrogen-bond donors (Lipinski definition) is 0. The molecule has 0 amide bonds. The normalized spacial score (nSPS) is 54.3. The van der Waals surface area contributed by atoms with Crippen molar-refractivity contribution in [2.24, 2.45) is 18.8 Å². The molecule has 1 saturated heterocycles. The molecule has 88 valence electrons. The zero-order valence-corrected chi connectivity index (χ0v) is 8.21. The van der Waals surface area contributed by atoms with Gasteiger partial charge < -0.3 is 9.30 Å². The Balaban J connectivity index is 3.03. The van der Waals surface area contributed by atoms with Gasteiger partial charge in [-0.1, -0.05) is 6.85 Å². The maximum Gasteiger partial charge on any atom is 0.309 e. The van der Waals surface area contributed by atoms with Crippen LogP contribution < -0.4 is 0 Å². The van der Waals surface area contributed by atoms with Crippen molar-refractivity contribution in [2.45, 2.75) is 26.5 Å². The Bertz CT molecular complexity index is 916. The lowest BCUT2D eigenvalue weighted by Gasteiger charge is -2.13. The van der Waals surface area contributed by atoms with Crippen LogP contribution in [0.3, 0.4) is 0 Å². The molecule has 0 aliphatic carbocycles. The number of carbonyl (C=O) groups excluding carboxylic acids is 1. The molecule has 0 aromatic carbocycles.